The van der Waals surface area contributed by atoms with Crippen molar-refractivity contribution in [2.45, 2.75) is 6.54 Å². The van der Waals surface area contributed by atoms with Crippen LogP contribution in [0.4, 0.5) is 18.9 Å². The zero-order chi connectivity index (χ0) is 17.1. The average Bonchev–Trinajstić information content (AvgIpc) is 2.50. The van der Waals surface area contributed by atoms with Crippen LogP contribution >= 0.6 is 0 Å². The Morgan fingerprint density at radius 3 is 2.43 bits per heavy atom. The zero-order valence-corrected chi connectivity index (χ0v) is 11.3. The summed E-state index contributed by atoms with van der Waals surface area (Å²) in [5, 5.41) is 10.8. The van der Waals surface area contributed by atoms with Crippen molar-refractivity contribution in [3.05, 3.63) is 63.8 Å². The third-order valence-corrected chi connectivity index (χ3v) is 2.85. The number of amides is 1. The average molecular weight is 326 g/mol. The van der Waals surface area contributed by atoms with E-state index in [-0.39, 0.29) is 5.56 Å². The molecule has 120 valence electrons. The van der Waals surface area contributed by atoms with Gasteiger partial charge in [0.1, 0.15) is 6.54 Å². The van der Waals surface area contributed by atoms with Crippen LogP contribution in [0.25, 0.3) is 0 Å². The SMILES string of the molecule is O=C(Cn1cc(C(=O)O)ccc1=O)Nc1ccc(F)c(F)c1F. The Morgan fingerprint density at radius 1 is 1.09 bits per heavy atom. The van der Waals surface area contributed by atoms with Crippen molar-refractivity contribution in [2.24, 2.45) is 0 Å². The van der Waals surface area contributed by atoms with Crippen LogP contribution in [0, 0.1) is 17.5 Å². The molecule has 1 aromatic heterocycles. The molecule has 0 saturated heterocycles. The highest BCUT2D eigenvalue weighted by molar-refractivity contribution is 5.91. The summed E-state index contributed by atoms with van der Waals surface area (Å²) in [6, 6.07) is 3.47. The summed E-state index contributed by atoms with van der Waals surface area (Å²) in [5.74, 6) is -6.95. The van der Waals surface area contributed by atoms with E-state index in [0.717, 1.165) is 29.0 Å². The molecule has 0 aliphatic heterocycles. The zero-order valence-electron chi connectivity index (χ0n) is 11.3. The Labute approximate surface area is 126 Å². The van der Waals surface area contributed by atoms with Gasteiger partial charge in [0.15, 0.2) is 17.5 Å². The molecule has 0 bridgehead atoms. The summed E-state index contributed by atoms with van der Waals surface area (Å²) < 4.78 is 40.1. The van der Waals surface area contributed by atoms with E-state index in [1.54, 1.807) is 0 Å². The fourth-order valence-corrected chi connectivity index (χ4v) is 1.75. The van der Waals surface area contributed by atoms with Crippen LogP contribution in [0.15, 0.2) is 35.3 Å². The lowest BCUT2D eigenvalue weighted by Gasteiger charge is -2.09. The van der Waals surface area contributed by atoms with Crippen molar-refractivity contribution in [3.63, 3.8) is 0 Å². The van der Waals surface area contributed by atoms with E-state index in [9.17, 15) is 27.6 Å². The lowest BCUT2D eigenvalue weighted by molar-refractivity contribution is -0.116. The Balaban J connectivity index is 2.21. The lowest BCUT2D eigenvalue weighted by atomic mass is 10.2. The molecule has 1 aromatic carbocycles. The predicted octanol–water partition coefficient (Wildman–Crippen LogP) is 1.60. The summed E-state index contributed by atoms with van der Waals surface area (Å²) >= 11 is 0. The number of hydrogen-bond acceptors (Lipinski definition) is 3. The largest absolute Gasteiger partial charge is 0.478 e. The van der Waals surface area contributed by atoms with Crippen LogP contribution in [0.2, 0.25) is 0 Å². The number of anilines is 1. The number of carboxylic acids is 1. The summed E-state index contributed by atoms with van der Waals surface area (Å²) in [5.41, 5.74) is -1.48. The first kappa shape index (κ1) is 16.3. The Bertz CT molecular complexity index is 848. The molecule has 0 radical (unpaired) electrons. The molecule has 0 fully saturated rings. The number of aromatic nitrogens is 1. The predicted molar refractivity (Wildman–Crippen MR) is 72.6 cm³/mol. The van der Waals surface area contributed by atoms with Crippen LogP contribution in [-0.4, -0.2) is 21.6 Å². The van der Waals surface area contributed by atoms with E-state index in [4.69, 9.17) is 5.11 Å². The number of benzene rings is 1. The van der Waals surface area contributed by atoms with Gasteiger partial charge < -0.3 is 15.0 Å². The molecule has 2 N–H and O–H groups in total. The number of carbonyl (C=O) groups excluding carboxylic acids is 1. The fraction of sp³-hybridized carbons (Fsp3) is 0.0714. The molecule has 9 heteroatoms. The number of nitrogens with one attached hydrogen (secondary N) is 1. The molecule has 1 heterocycles. The molecule has 1 amide bonds. The minimum atomic E-state index is -1.74. The quantitative estimate of drug-likeness (QED) is 0.836. The number of hydrogen-bond donors (Lipinski definition) is 2. The molecular formula is C14H9F3N2O4. The normalized spacial score (nSPS) is 10.4. The van der Waals surface area contributed by atoms with Crippen molar-refractivity contribution < 1.29 is 27.9 Å². The maximum atomic E-state index is 13.4. The molecule has 23 heavy (non-hydrogen) atoms. The third-order valence-electron chi connectivity index (χ3n) is 2.85. The number of pyridine rings is 1. The van der Waals surface area contributed by atoms with Crippen molar-refractivity contribution in [1.82, 2.24) is 4.57 Å². The van der Waals surface area contributed by atoms with Crippen molar-refractivity contribution >= 4 is 17.6 Å². The van der Waals surface area contributed by atoms with Gasteiger partial charge in [-0.1, -0.05) is 0 Å². The molecular weight excluding hydrogens is 317 g/mol. The van der Waals surface area contributed by atoms with Gasteiger partial charge in [-0.25, -0.2) is 18.0 Å². The highest BCUT2D eigenvalue weighted by Crippen LogP contribution is 2.19. The van der Waals surface area contributed by atoms with Gasteiger partial charge in [-0.15, -0.1) is 0 Å². The van der Waals surface area contributed by atoms with E-state index < -0.39 is 47.1 Å². The molecule has 2 rings (SSSR count). The highest BCUT2D eigenvalue weighted by Gasteiger charge is 2.16. The Kier molecular flexibility index (Phi) is 4.49. The number of nitrogens with zero attached hydrogens (tertiary/aromatic N) is 1. The van der Waals surface area contributed by atoms with Crippen molar-refractivity contribution in [3.8, 4) is 0 Å². The number of halogens is 3. The molecule has 0 spiro atoms. The summed E-state index contributed by atoms with van der Waals surface area (Å²) in [6.07, 6.45) is 0.936. The molecule has 0 saturated carbocycles. The first-order chi connectivity index (χ1) is 10.8. The highest BCUT2D eigenvalue weighted by atomic mass is 19.2. The minimum Gasteiger partial charge on any atom is -0.478 e. The van der Waals surface area contributed by atoms with E-state index in [1.165, 1.54) is 0 Å². The number of rotatable bonds is 4. The van der Waals surface area contributed by atoms with Gasteiger partial charge in [-0.2, -0.15) is 0 Å². The number of aromatic carboxylic acids is 1. The van der Waals surface area contributed by atoms with Gasteiger partial charge in [-0.3, -0.25) is 9.59 Å². The summed E-state index contributed by atoms with van der Waals surface area (Å²) in [7, 11) is 0. The molecule has 2 aromatic rings. The van der Waals surface area contributed by atoms with Crippen molar-refractivity contribution in [1.29, 1.82) is 0 Å². The van der Waals surface area contributed by atoms with E-state index in [1.807, 2.05) is 5.32 Å². The molecule has 6 nitrogen and oxygen atoms in total. The molecule has 0 unspecified atom stereocenters. The fourth-order valence-electron chi connectivity index (χ4n) is 1.75. The molecule has 0 atom stereocenters. The maximum absolute atomic E-state index is 13.4. The van der Waals surface area contributed by atoms with E-state index >= 15 is 0 Å². The second kappa shape index (κ2) is 6.34. The van der Waals surface area contributed by atoms with Gasteiger partial charge in [0.25, 0.3) is 5.56 Å². The third kappa shape index (κ3) is 3.57. The second-order valence-corrected chi connectivity index (χ2v) is 4.46. The van der Waals surface area contributed by atoms with Gasteiger partial charge in [0.05, 0.1) is 11.3 Å². The number of carbonyl (C=O) groups is 2. The smallest absolute Gasteiger partial charge is 0.337 e. The van der Waals surface area contributed by atoms with Crippen LogP contribution in [-0.2, 0) is 11.3 Å². The van der Waals surface area contributed by atoms with Crippen LogP contribution in [0.5, 0.6) is 0 Å². The standard InChI is InChI=1S/C14H9F3N2O4/c15-8-2-3-9(13(17)12(8)16)18-10(20)6-19-5-7(14(22)23)1-4-11(19)21/h1-5H,6H2,(H,18,20)(H,22,23). The maximum Gasteiger partial charge on any atom is 0.337 e. The van der Waals surface area contributed by atoms with Crippen LogP contribution in [0.3, 0.4) is 0 Å². The topological polar surface area (TPSA) is 88.4 Å². The van der Waals surface area contributed by atoms with Crippen molar-refractivity contribution in [2.75, 3.05) is 5.32 Å². The summed E-state index contributed by atoms with van der Waals surface area (Å²) in [4.78, 5) is 34.1. The molecule has 0 aliphatic carbocycles. The van der Waals surface area contributed by atoms with E-state index in [0.29, 0.717) is 6.07 Å². The van der Waals surface area contributed by atoms with Gasteiger partial charge in [0, 0.05) is 12.3 Å². The van der Waals surface area contributed by atoms with Crippen LogP contribution in [0.1, 0.15) is 10.4 Å². The first-order valence-corrected chi connectivity index (χ1v) is 6.16. The van der Waals surface area contributed by atoms with Gasteiger partial charge >= 0.3 is 5.97 Å². The monoisotopic (exact) mass is 326 g/mol. The molecule has 0 aliphatic rings. The summed E-state index contributed by atoms with van der Waals surface area (Å²) in [6.45, 7) is -0.627. The Hall–Kier alpha value is -3.10. The minimum absolute atomic E-state index is 0.226. The van der Waals surface area contributed by atoms with Gasteiger partial charge in [-0.05, 0) is 18.2 Å². The number of carboxylic acid groups (broad SMARTS) is 1. The Morgan fingerprint density at radius 2 is 1.78 bits per heavy atom. The lowest BCUT2D eigenvalue weighted by Crippen LogP contribution is -2.28. The van der Waals surface area contributed by atoms with Crippen LogP contribution < -0.4 is 10.9 Å². The second-order valence-electron chi connectivity index (χ2n) is 4.46. The van der Waals surface area contributed by atoms with Gasteiger partial charge in [0.2, 0.25) is 5.91 Å². The first-order valence-electron chi connectivity index (χ1n) is 6.16. The van der Waals surface area contributed by atoms with E-state index in [2.05, 4.69) is 0 Å².